The second kappa shape index (κ2) is 7.10. The Morgan fingerprint density at radius 1 is 1.00 bits per heavy atom. The van der Waals surface area contributed by atoms with Gasteiger partial charge in [-0.15, -0.1) is 0 Å². The fourth-order valence-corrected chi connectivity index (χ4v) is 2.64. The topological polar surface area (TPSA) is 67.4 Å². The van der Waals surface area contributed by atoms with Crippen LogP contribution in [0.5, 0.6) is 5.75 Å². The number of anilines is 1. The van der Waals surface area contributed by atoms with Gasteiger partial charge in [0.15, 0.2) is 0 Å². The second-order valence-corrected chi connectivity index (χ2v) is 5.90. The fourth-order valence-electron chi connectivity index (χ4n) is 1.74. The number of hydrogen-bond donors (Lipinski definition) is 2. The van der Waals surface area contributed by atoms with Gasteiger partial charge in [0.2, 0.25) is 0 Å². The maximum absolute atomic E-state index is 11.5. The summed E-state index contributed by atoms with van der Waals surface area (Å²) in [6.45, 7) is 2.54. The van der Waals surface area contributed by atoms with Crippen LogP contribution in [0.25, 0.3) is 0 Å². The average Bonchev–Trinajstić information content (AvgIpc) is 2.47. The van der Waals surface area contributed by atoms with Gasteiger partial charge in [0, 0.05) is 12.2 Å². The van der Waals surface area contributed by atoms with Gasteiger partial charge in [0.05, 0.1) is 0 Å². The van der Waals surface area contributed by atoms with E-state index in [0.717, 1.165) is 5.56 Å². The Bertz CT molecular complexity index is 655. The highest BCUT2D eigenvalue weighted by atomic mass is 32.2. The second-order valence-electron chi connectivity index (χ2n) is 4.40. The largest absolute Gasteiger partial charge is 0.489 e. The fraction of sp³-hybridized carbons (Fsp3) is 0.200. The van der Waals surface area contributed by atoms with Gasteiger partial charge >= 0.3 is 0 Å². The summed E-state index contributed by atoms with van der Waals surface area (Å²) >= 11 is 0. The first-order chi connectivity index (χ1) is 10.1. The van der Waals surface area contributed by atoms with E-state index in [-0.39, 0.29) is 0 Å². The standard InChI is InChI=1S/C15H18N2O3S/c1-2-16-21(18,19)17-14-8-10-15(11-9-14)20-12-13-6-4-3-5-7-13/h3-11,16-17H,2,12H2,1H3. The van der Waals surface area contributed by atoms with Crippen LogP contribution in [0.3, 0.4) is 0 Å². The highest BCUT2D eigenvalue weighted by Gasteiger charge is 2.07. The van der Waals surface area contributed by atoms with E-state index >= 15 is 0 Å². The summed E-state index contributed by atoms with van der Waals surface area (Å²) in [5, 5.41) is 0. The quantitative estimate of drug-likeness (QED) is 0.826. The van der Waals surface area contributed by atoms with Crippen molar-refractivity contribution in [2.75, 3.05) is 11.3 Å². The SMILES string of the molecule is CCNS(=O)(=O)Nc1ccc(OCc2ccccc2)cc1. The number of nitrogens with one attached hydrogen (secondary N) is 2. The van der Waals surface area contributed by atoms with Crippen LogP contribution in [-0.4, -0.2) is 15.0 Å². The molecule has 0 amide bonds. The van der Waals surface area contributed by atoms with Crippen LogP contribution in [0.2, 0.25) is 0 Å². The zero-order chi connectivity index (χ0) is 15.1. The normalized spacial score (nSPS) is 11.1. The van der Waals surface area contributed by atoms with Crippen LogP contribution in [-0.2, 0) is 16.8 Å². The first-order valence-corrected chi connectivity index (χ1v) is 8.11. The maximum atomic E-state index is 11.5. The van der Waals surface area contributed by atoms with E-state index in [9.17, 15) is 8.42 Å². The van der Waals surface area contributed by atoms with Crippen LogP contribution in [0.4, 0.5) is 5.69 Å². The van der Waals surface area contributed by atoms with Crippen molar-refractivity contribution in [2.24, 2.45) is 0 Å². The van der Waals surface area contributed by atoms with E-state index in [0.29, 0.717) is 24.6 Å². The van der Waals surface area contributed by atoms with Gasteiger partial charge in [-0.3, -0.25) is 4.72 Å². The van der Waals surface area contributed by atoms with Gasteiger partial charge < -0.3 is 4.74 Å². The zero-order valence-corrected chi connectivity index (χ0v) is 12.6. The predicted octanol–water partition coefficient (Wildman–Crippen LogP) is 2.53. The van der Waals surface area contributed by atoms with Crippen LogP contribution in [0.1, 0.15) is 12.5 Å². The summed E-state index contributed by atoms with van der Waals surface area (Å²) in [6.07, 6.45) is 0. The molecule has 2 aromatic rings. The van der Waals surface area contributed by atoms with Crippen molar-refractivity contribution in [1.82, 2.24) is 4.72 Å². The number of hydrogen-bond acceptors (Lipinski definition) is 3. The van der Waals surface area contributed by atoms with Crippen molar-refractivity contribution in [1.29, 1.82) is 0 Å². The van der Waals surface area contributed by atoms with Crippen molar-refractivity contribution in [3.63, 3.8) is 0 Å². The molecular formula is C15H18N2O3S. The first kappa shape index (κ1) is 15.3. The minimum Gasteiger partial charge on any atom is -0.489 e. The van der Waals surface area contributed by atoms with Gasteiger partial charge in [-0.1, -0.05) is 37.3 Å². The molecule has 112 valence electrons. The van der Waals surface area contributed by atoms with Crippen molar-refractivity contribution in [3.05, 3.63) is 60.2 Å². The molecule has 0 fully saturated rings. The maximum Gasteiger partial charge on any atom is 0.299 e. The Morgan fingerprint density at radius 3 is 2.29 bits per heavy atom. The monoisotopic (exact) mass is 306 g/mol. The lowest BCUT2D eigenvalue weighted by molar-refractivity contribution is 0.306. The van der Waals surface area contributed by atoms with Gasteiger partial charge in [-0.25, -0.2) is 0 Å². The zero-order valence-electron chi connectivity index (χ0n) is 11.7. The van der Waals surface area contributed by atoms with Gasteiger partial charge in [-0.05, 0) is 29.8 Å². The van der Waals surface area contributed by atoms with Crippen LogP contribution in [0.15, 0.2) is 54.6 Å². The number of benzene rings is 2. The van der Waals surface area contributed by atoms with Gasteiger partial charge in [0.25, 0.3) is 10.2 Å². The Morgan fingerprint density at radius 2 is 1.67 bits per heavy atom. The molecule has 2 rings (SSSR count). The van der Waals surface area contributed by atoms with Gasteiger partial charge in [0.1, 0.15) is 12.4 Å². The van der Waals surface area contributed by atoms with Gasteiger partial charge in [-0.2, -0.15) is 13.1 Å². The molecule has 0 bridgehead atoms. The summed E-state index contributed by atoms with van der Waals surface area (Å²) in [7, 11) is -3.49. The van der Waals surface area contributed by atoms with E-state index in [1.165, 1.54) is 0 Å². The molecule has 0 aromatic heterocycles. The van der Waals surface area contributed by atoms with E-state index < -0.39 is 10.2 Å². The molecule has 0 spiro atoms. The summed E-state index contributed by atoms with van der Waals surface area (Å²) in [6, 6.07) is 16.6. The lowest BCUT2D eigenvalue weighted by Crippen LogP contribution is -2.29. The molecule has 21 heavy (non-hydrogen) atoms. The summed E-state index contributed by atoms with van der Waals surface area (Å²) in [5.74, 6) is 0.685. The van der Waals surface area contributed by atoms with Crippen molar-refractivity contribution in [2.45, 2.75) is 13.5 Å². The third-order valence-electron chi connectivity index (χ3n) is 2.69. The average molecular weight is 306 g/mol. The molecule has 5 nitrogen and oxygen atoms in total. The minimum absolute atomic E-state index is 0.341. The summed E-state index contributed by atoms with van der Waals surface area (Å²) < 4.78 is 33.5. The van der Waals surface area contributed by atoms with E-state index in [1.807, 2.05) is 30.3 Å². The molecule has 0 heterocycles. The lowest BCUT2D eigenvalue weighted by Gasteiger charge is -2.09. The van der Waals surface area contributed by atoms with Crippen LogP contribution >= 0.6 is 0 Å². The summed E-state index contributed by atoms with van der Waals surface area (Å²) in [4.78, 5) is 0. The van der Waals surface area contributed by atoms with Crippen molar-refractivity contribution < 1.29 is 13.2 Å². The molecule has 0 aliphatic heterocycles. The third kappa shape index (κ3) is 5.09. The van der Waals surface area contributed by atoms with E-state index in [1.54, 1.807) is 31.2 Å². The molecule has 0 aliphatic rings. The van der Waals surface area contributed by atoms with Crippen LogP contribution < -0.4 is 14.2 Å². The van der Waals surface area contributed by atoms with E-state index in [2.05, 4.69) is 9.44 Å². The predicted molar refractivity (Wildman–Crippen MR) is 83.4 cm³/mol. The molecule has 2 N–H and O–H groups in total. The molecular weight excluding hydrogens is 288 g/mol. The Labute approximate surface area is 125 Å². The molecule has 2 aromatic carbocycles. The number of rotatable bonds is 7. The Balaban J connectivity index is 1.93. The minimum atomic E-state index is -3.49. The van der Waals surface area contributed by atoms with E-state index in [4.69, 9.17) is 4.74 Å². The highest BCUT2D eigenvalue weighted by molar-refractivity contribution is 7.90. The molecule has 0 unspecified atom stereocenters. The molecule has 0 aliphatic carbocycles. The molecule has 0 saturated carbocycles. The van der Waals surface area contributed by atoms with Crippen molar-refractivity contribution >= 4 is 15.9 Å². The smallest absolute Gasteiger partial charge is 0.299 e. The molecule has 0 atom stereocenters. The highest BCUT2D eigenvalue weighted by Crippen LogP contribution is 2.17. The molecule has 6 heteroatoms. The molecule has 0 saturated heterocycles. The van der Waals surface area contributed by atoms with Crippen LogP contribution in [0, 0.1) is 0 Å². The first-order valence-electron chi connectivity index (χ1n) is 6.63. The lowest BCUT2D eigenvalue weighted by atomic mass is 10.2. The van der Waals surface area contributed by atoms with Crippen molar-refractivity contribution in [3.8, 4) is 5.75 Å². The Hall–Kier alpha value is -2.05. The number of ether oxygens (including phenoxy) is 1. The third-order valence-corrected chi connectivity index (χ3v) is 3.86. The molecule has 0 radical (unpaired) electrons. The summed E-state index contributed by atoms with van der Waals surface area (Å²) in [5.41, 5.74) is 1.57. The Kier molecular flexibility index (Phi) is 5.19.